The average molecular weight is 475 g/mol. The lowest BCUT2D eigenvalue weighted by Gasteiger charge is -2.14. The second-order valence-electron chi connectivity index (χ2n) is 7.77. The van der Waals surface area contributed by atoms with E-state index in [0.29, 0.717) is 18.5 Å². The first-order chi connectivity index (χ1) is 15.7. The van der Waals surface area contributed by atoms with Crippen LogP contribution in [0.1, 0.15) is 36.7 Å². The van der Waals surface area contributed by atoms with Gasteiger partial charge >= 0.3 is 12.1 Å². The molecule has 1 aromatic carbocycles. The lowest BCUT2D eigenvalue weighted by molar-refractivity contribution is -0.140. The predicted octanol–water partition coefficient (Wildman–Crippen LogP) is 3.79. The van der Waals surface area contributed by atoms with Gasteiger partial charge in [-0.15, -0.1) is 0 Å². The Morgan fingerprint density at radius 3 is 2.70 bits per heavy atom. The van der Waals surface area contributed by atoms with Gasteiger partial charge in [-0.2, -0.15) is 12.6 Å². The lowest BCUT2D eigenvalue weighted by Crippen LogP contribution is -2.24. The molecule has 0 bridgehead atoms. The molecule has 1 aliphatic heterocycles. The van der Waals surface area contributed by atoms with Gasteiger partial charge in [0.15, 0.2) is 5.78 Å². The van der Waals surface area contributed by atoms with E-state index >= 15 is 0 Å². The number of rotatable bonds is 10. The van der Waals surface area contributed by atoms with Crippen LogP contribution in [0.2, 0.25) is 0 Å². The number of halogens is 1. The number of amides is 1. The van der Waals surface area contributed by atoms with Gasteiger partial charge in [0, 0.05) is 24.2 Å². The topological polar surface area (TPSA) is 114 Å². The van der Waals surface area contributed by atoms with Crippen molar-refractivity contribution in [3.63, 3.8) is 0 Å². The van der Waals surface area contributed by atoms with Crippen LogP contribution in [-0.2, 0) is 14.3 Å². The number of carboxylic acid groups (broad SMARTS) is 1. The fraction of sp³-hybridized carbons (Fsp3) is 0.348. The number of hydrogen-bond donors (Lipinski definition) is 2. The summed E-state index contributed by atoms with van der Waals surface area (Å²) < 4.78 is 20.2. The Balaban J connectivity index is 1.77. The molecule has 1 saturated heterocycles. The Bertz CT molecular complexity index is 1090. The first-order valence-electron chi connectivity index (χ1n) is 10.3. The molecule has 174 valence electrons. The highest BCUT2D eigenvalue weighted by Crippen LogP contribution is 2.29. The first-order valence-corrected chi connectivity index (χ1v) is 10.9. The van der Waals surface area contributed by atoms with Gasteiger partial charge < -0.3 is 14.6 Å². The van der Waals surface area contributed by atoms with E-state index in [9.17, 15) is 23.6 Å². The van der Waals surface area contributed by atoms with E-state index in [2.05, 4.69) is 17.6 Å². The van der Waals surface area contributed by atoms with Crippen LogP contribution in [-0.4, -0.2) is 52.1 Å². The summed E-state index contributed by atoms with van der Waals surface area (Å²) in [6.07, 6.45) is -0.628. The van der Waals surface area contributed by atoms with Crippen molar-refractivity contribution in [2.75, 3.05) is 17.2 Å². The summed E-state index contributed by atoms with van der Waals surface area (Å²) >= 11 is 3.96. The summed E-state index contributed by atoms with van der Waals surface area (Å²) in [5.74, 6) is -3.19. The zero-order chi connectivity index (χ0) is 24.1. The Kier molecular flexibility index (Phi) is 7.80. The number of aromatic nitrogens is 1. The van der Waals surface area contributed by atoms with Crippen molar-refractivity contribution in [2.24, 2.45) is 5.92 Å². The van der Waals surface area contributed by atoms with Crippen LogP contribution in [0.25, 0.3) is 11.3 Å². The van der Waals surface area contributed by atoms with Crippen LogP contribution in [0.15, 0.2) is 36.4 Å². The number of ketones is 2. The number of carbonyl (C=O) groups excluding carboxylic acids is 3. The van der Waals surface area contributed by atoms with Crippen LogP contribution >= 0.6 is 12.6 Å². The molecule has 0 spiro atoms. The summed E-state index contributed by atoms with van der Waals surface area (Å²) in [6.45, 7) is 1.67. The zero-order valence-corrected chi connectivity index (χ0v) is 18.8. The molecule has 8 nitrogen and oxygen atoms in total. The van der Waals surface area contributed by atoms with Crippen LogP contribution in [0.4, 0.5) is 14.9 Å². The van der Waals surface area contributed by atoms with Gasteiger partial charge in [-0.05, 0) is 43.7 Å². The second-order valence-corrected chi connectivity index (χ2v) is 8.14. The molecule has 2 heterocycles. The van der Waals surface area contributed by atoms with Gasteiger partial charge in [0.25, 0.3) is 0 Å². The number of carboxylic acids is 1. The lowest BCUT2D eigenvalue weighted by atomic mass is 10.0. The van der Waals surface area contributed by atoms with Gasteiger partial charge in [0.2, 0.25) is 0 Å². The number of thiol groups is 1. The number of benzene rings is 1. The number of hydrogen-bond acceptors (Lipinski definition) is 7. The molecule has 0 radical (unpaired) electrons. The minimum atomic E-state index is -1.12. The molecule has 2 atom stereocenters. The number of aliphatic carboxylic acids is 1. The Labute approximate surface area is 195 Å². The van der Waals surface area contributed by atoms with Crippen molar-refractivity contribution in [3.05, 3.63) is 47.9 Å². The van der Waals surface area contributed by atoms with Crippen molar-refractivity contribution < 1.29 is 33.4 Å². The van der Waals surface area contributed by atoms with Crippen LogP contribution < -0.4 is 4.90 Å². The van der Waals surface area contributed by atoms with Gasteiger partial charge in [0.1, 0.15) is 23.4 Å². The zero-order valence-electron chi connectivity index (χ0n) is 17.9. The van der Waals surface area contributed by atoms with E-state index in [0.717, 1.165) is 0 Å². The maximum Gasteiger partial charge on any atom is 0.414 e. The number of cyclic esters (lactones) is 1. The van der Waals surface area contributed by atoms with Crippen molar-refractivity contribution in [3.8, 4) is 11.3 Å². The Hall–Kier alpha value is -3.27. The molecule has 1 fully saturated rings. The Morgan fingerprint density at radius 2 is 2.06 bits per heavy atom. The molecule has 1 unspecified atom stereocenters. The van der Waals surface area contributed by atoms with E-state index in [-0.39, 0.29) is 41.5 Å². The maximum atomic E-state index is 14.9. The molecule has 0 saturated carbocycles. The molecule has 0 aliphatic carbocycles. The molecular formula is C23H23FN2O6S. The fourth-order valence-corrected chi connectivity index (χ4v) is 3.71. The van der Waals surface area contributed by atoms with E-state index in [1.807, 2.05) is 0 Å². The number of anilines is 1. The molecule has 2 aromatic rings. The average Bonchev–Trinajstić information content (AvgIpc) is 3.16. The van der Waals surface area contributed by atoms with Crippen LogP contribution in [0.5, 0.6) is 0 Å². The van der Waals surface area contributed by atoms with Gasteiger partial charge in [0.05, 0.1) is 23.8 Å². The molecule has 1 N–H and O–H groups in total. The molecule has 33 heavy (non-hydrogen) atoms. The normalized spacial score (nSPS) is 16.4. The third-order valence-corrected chi connectivity index (χ3v) is 5.71. The minimum absolute atomic E-state index is 0.00258. The molecule has 3 rings (SSSR count). The molecule has 1 aliphatic rings. The summed E-state index contributed by atoms with van der Waals surface area (Å²) in [6, 6.07) is 8.69. The van der Waals surface area contributed by atoms with E-state index in [1.165, 1.54) is 42.2 Å². The van der Waals surface area contributed by atoms with Gasteiger partial charge in [-0.3, -0.25) is 14.5 Å². The summed E-state index contributed by atoms with van der Waals surface area (Å²) in [5, 5.41) is 9.12. The number of ether oxygens (including phenoxy) is 1. The van der Waals surface area contributed by atoms with Crippen LogP contribution in [0, 0.1) is 11.7 Å². The largest absolute Gasteiger partial charge is 0.481 e. The fourth-order valence-electron chi connectivity index (χ4n) is 3.42. The number of Topliss-reactive ketones (excluding diaryl/α,β-unsaturated/α-hetero) is 2. The number of nitrogens with zero attached hydrogens (tertiary/aromatic N) is 2. The number of pyridine rings is 1. The summed E-state index contributed by atoms with van der Waals surface area (Å²) in [4.78, 5) is 52.4. The summed E-state index contributed by atoms with van der Waals surface area (Å²) in [7, 11) is 0. The smallest absolute Gasteiger partial charge is 0.414 e. The standard InChI is InChI=1S/C23H23FN2O6S/c1-13(27)5-7-16-11-26(23(31)32-16)15-6-8-17(18(24)10-15)19-3-2-4-20(25-19)21(28)9-14(12-33)22(29)30/h2-4,6,8,10,14,16,33H,5,7,9,11-12H2,1H3,(H,29,30)/t14?,16-/m0/s1. The first kappa shape index (κ1) is 24.4. The molecule has 1 aromatic heterocycles. The Morgan fingerprint density at radius 1 is 1.30 bits per heavy atom. The van der Waals surface area contributed by atoms with Crippen molar-refractivity contribution >= 4 is 41.9 Å². The number of carbonyl (C=O) groups is 4. The van der Waals surface area contributed by atoms with Crippen molar-refractivity contribution in [1.82, 2.24) is 4.98 Å². The van der Waals surface area contributed by atoms with Gasteiger partial charge in [-0.1, -0.05) is 6.07 Å². The SMILES string of the molecule is CC(=O)CC[C@H]1CN(c2ccc(-c3cccc(C(=O)CC(CS)C(=O)O)n3)c(F)c2)C(=O)O1. The molecular weight excluding hydrogens is 451 g/mol. The highest BCUT2D eigenvalue weighted by molar-refractivity contribution is 7.80. The van der Waals surface area contributed by atoms with Crippen LogP contribution in [0.3, 0.4) is 0 Å². The third-order valence-electron chi connectivity index (χ3n) is 5.27. The van der Waals surface area contributed by atoms with Gasteiger partial charge in [-0.25, -0.2) is 14.2 Å². The molecule has 1 amide bonds. The van der Waals surface area contributed by atoms with Crippen molar-refractivity contribution in [2.45, 2.75) is 32.3 Å². The highest BCUT2D eigenvalue weighted by Gasteiger charge is 2.32. The second kappa shape index (κ2) is 10.6. The predicted molar refractivity (Wildman–Crippen MR) is 121 cm³/mol. The molecule has 10 heteroatoms. The summed E-state index contributed by atoms with van der Waals surface area (Å²) in [5.41, 5.74) is 0.654. The van der Waals surface area contributed by atoms with Crippen molar-refractivity contribution in [1.29, 1.82) is 0 Å². The maximum absolute atomic E-state index is 14.9. The third kappa shape index (κ3) is 5.95. The monoisotopic (exact) mass is 474 g/mol. The minimum Gasteiger partial charge on any atom is -0.481 e. The highest BCUT2D eigenvalue weighted by atomic mass is 32.1. The quantitative estimate of drug-likeness (QED) is 0.398. The van der Waals surface area contributed by atoms with E-state index in [1.54, 1.807) is 6.07 Å². The van der Waals surface area contributed by atoms with E-state index < -0.39 is 35.7 Å². The van der Waals surface area contributed by atoms with E-state index in [4.69, 9.17) is 9.84 Å².